The Balaban J connectivity index is 2.68. The average molecular weight is 227 g/mol. The quantitative estimate of drug-likeness (QED) is 0.574. The zero-order chi connectivity index (χ0) is 12.1. The van der Waals surface area contributed by atoms with Crippen LogP contribution in [0.5, 0.6) is 0 Å². The van der Waals surface area contributed by atoms with E-state index < -0.39 is 16.4 Å². The fourth-order valence-corrected chi connectivity index (χ4v) is 1.20. The molecule has 1 aromatic rings. The Morgan fingerprint density at radius 2 is 2.19 bits per heavy atom. The summed E-state index contributed by atoms with van der Waals surface area (Å²) in [6.45, 7) is 4.85. The number of benzene rings is 1. The molecule has 0 amide bonds. The van der Waals surface area contributed by atoms with Crippen molar-refractivity contribution in [2.24, 2.45) is 5.92 Å². The fourth-order valence-electron chi connectivity index (χ4n) is 1.20. The molecule has 1 aromatic carbocycles. The Morgan fingerprint density at radius 1 is 1.50 bits per heavy atom. The molecule has 1 rings (SSSR count). The second-order valence-electron chi connectivity index (χ2n) is 3.95. The van der Waals surface area contributed by atoms with E-state index in [4.69, 9.17) is 4.74 Å². The van der Waals surface area contributed by atoms with Gasteiger partial charge in [0.2, 0.25) is 5.82 Å². The molecular weight excluding hydrogens is 213 g/mol. The van der Waals surface area contributed by atoms with Gasteiger partial charge in [-0.15, -0.1) is 0 Å². The van der Waals surface area contributed by atoms with Crippen molar-refractivity contribution in [1.29, 1.82) is 0 Å². The molecule has 0 atom stereocenters. The molecule has 0 saturated carbocycles. The summed E-state index contributed by atoms with van der Waals surface area (Å²) < 4.78 is 18.3. The van der Waals surface area contributed by atoms with Crippen molar-refractivity contribution < 1.29 is 14.1 Å². The molecule has 0 aliphatic rings. The summed E-state index contributed by atoms with van der Waals surface area (Å²) in [5.74, 6) is -0.423. The molecule has 0 aromatic heterocycles. The van der Waals surface area contributed by atoms with Crippen molar-refractivity contribution >= 4 is 5.69 Å². The number of halogens is 1. The van der Waals surface area contributed by atoms with Crippen LogP contribution in [0.3, 0.4) is 0 Å². The first kappa shape index (κ1) is 12.6. The fraction of sp³-hybridized carbons (Fsp3) is 0.455. The SMILES string of the molecule is CC(C)COCc1ccc(F)c([N+](=O)[O-])c1. The minimum Gasteiger partial charge on any atom is -0.377 e. The number of nitrogens with zero attached hydrogens (tertiary/aromatic N) is 1. The summed E-state index contributed by atoms with van der Waals surface area (Å²) in [7, 11) is 0. The van der Waals surface area contributed by atoms with Crippen LogP contribution in [0.25, 0.3) is 0 Å². The van der Waals surface area contributed by atoms with Gasteiger partial charge in [0.15, 0.2) is 0 Å². The Kier molecular flexibility index (Phi) is 4.37. The Bertz CT molecular complexity index is 379. The van der Waals surface area contributed by atoms with Crippen molar-refractivity contribution in [3.63, 3.8) is 0 Å². The summed E-state index contributed by atoms with van der Waals surface area (Å²) in [4.78, 5) is 9.75. The lowest BCUT2D eigenvalue weighted by Crippen LogP contribution is -2.02. The van der Waals surface area contributed by atoms with Crippen LogP contribution >= 0.6 is 0 Å². The third kappa shape index (κ3) is 3.58. The van der Waals surface area contributed by atoms with E-state index in [0.717, 1.165) is 6.07 Å². The van der Waals surface area contributed by atoms with Gasteiger partial charge in [-0.05, 0) is 17.5 Å². The number of hydrogen-bond acceptors (Lipinski definition) is 3. The Hall–Kier alpha value is -1.49. The zero-order valence-corrected chi connectivity index (χ0v) is 9.27. The first-order valence-corrected chi connectivity index (χ1v) is 5.01. The van der Waals surface area contributed by atoms with Crippen LogP contribution < -0.4 is 0 Å². The van der Waals surface area contributed by atoms with E-state index in [1.54, 1.807) is 0 Å². The smallest absolute Gasteiger partial charge is 0.305 e. The van der Waals surface area contributed by atoms with Gasteiger partial charge >= 0.3 is 5.69 Å². The molecule has 0 aliphatic heterocycles. The molecule has 0 N–H and O–H groups in total. The van der Waals surface area contributed by atoms with E-state index in [-0.39, 0.29) is 6.61 Å². The Labute approximate surface area is 93.2 Å². The molecule has 4 nitrogen and oxygen atoms in total. The maximum Gasteiger partial charge on any atom is 0.305 e. The van der Waals surface area contributed by atoms with Gasteiger partial charge in [-0.3, -0.25) is 10.1 Å². The predicted molar refractivity (Wildman–Crippen MR) is 57.5 cm³/mol. The third-order valence-electron chi connectivity index (χ3n) is 1.93. The summed E-state index contributed by atoms with van der Waals surface area (Å²) in [6.07, 6.45) is 0. The number of rotatable bonds is 5. The van der Waals surface area contributed by atoms with Crippen LogP contribution in [0, 0.1) is 21.8 Å². The number of nitro benzene ring substituents is 1. The van der Waals surface area contributed by atoms with Gasteiger partial charge in [-0.25, -0.2) is 0 Å². The van der Waals surface area contributed by atoms with Gasteiger partial charge in [0.1, 0.15) is 0 Å². The molecule has 0 fully saturated rings. The van der Waals surface area contributed by atoms with Crippen LogP contribution in [0.15, 0.2) is 18.2 Å². The molecule has 0 bridgehead atoms. The van der Waals surface area contributed by atoms with Crippen molar-refractivity contribution in [3.8, 4) is 0 Å². The molecule has 0 spiro atoms. The van der Waals surface area contributed by atoms with Crippen molar-refractivity contribution in [2.75, 3.05) is 6.61 Å². The molecule has 0 unspecified atom stereocenters. The highest BCUT2D eigenvalue weighted by Gasteiger charge is 2.14. The third-order valence-corrected chi connectivity index (χ3v) is 1.93. The minimum absolute atomic E-state index is 0.263. The van der Waals surface area contributed by atoms with Crippen molar-refractivity contribution in [3.05, 3.63) is 39.7 Å². The second kappa shape index (κ2) is 5.55. The van der Waals surface area contributed by atoms with Gasteiger partial charge < -0.3 is 4.74 Å². The largest absolute Gasteiger partial charge is 0.377 e. The van der Waals surface area contributed by atoms with E-state index in [1.807, 2.05) is 13.8 Å². The summed E-state index contributed by atoms with van der Waals surface area (Å²) in [5.41, 5.74) is 0.0967. The molecule has 0 heterocycles. The lowest BCUT2D eigenvalue weighted by atomic mass is 10.2. The highest BCUT2D eigenvalue weighted by molar-refractivity contribution is 5.35. The van der Waals surface area contributed by atoms with Crippen LogP contribution in [-0.2, 0) is 11.3 Å². The number of ether oxygens (including phenoxy) is 1. The van der Waals surface area contributed by atoms with Crippen LogP contribution in [0.2, 0.25) is 0 Å². The van der Waals surface area contributed by atoms with Crippen molar-refractivity contribution in [2.45, 2.75) is 20.5 Å². The number of nitro groups is 1. The standard InChI is InChI=1S/C11H14FNO3/c1-8(2)6-16-7-9-3-4-10(12)11(5-9)13(14)15/h3-5,8H,6-7H2,1-2H3. The van der Waals surface area contributed by atoms with E-state index in [2.05, 4.69) is 0 Å². The summed E-state index contributed by atoms with van der Waals surface area (Å²) >= 11 is 0. The minimum atomic E-state index is -0.822. The maximum atomic E-state index is 13.0. The normalized spacial score (nSPS) is 10.8. The van der Waals surface area contributed by atoms with Gasteiger partial charge in [0.05, 0.1) is 11.5 Å². The monoisotopic (exact) mass is 227 g/mol. The first-order valence-electron chi connectivity index (χ1n) is 5.01. The van der Waals surface area contributed by atoms with E-state index in [0.29, 0.717) is 18.1 Å². The molecule has 0 aliphatic carbocycles. The van der Waals surface area contributed by atoms with E-state index >= 15 is 0 Å². The van der Waals surface area contributed by atoms with Crippen LogP contribution in [-0.4, -0.2) is 11.5 Å². The molecule has 0 radical (unpaired) electrons. The second-order valence-corrected chi connectivity index (χ2v) is 3.95. The summed E-state index contributed by atoms with van der Waals surface area (Å²) in [5, 5.41) is 10.5. The van der Waals surface area contributed by atoms with Crippen molar-refractivity contribution in [1.82, 2.24) is 0 Å². The highest BCUT2D eigenvalue weighted by atomic mass is 19.1. The first-order chi connectivity index (χ1) is 7.50. The van der Waals surface area contributed by atoms with Crippen LogP contribution in [0.1, 0.15) is 19.4 Å². The molecule has 0 saturated heterocycles. The lowest BCUT2D eigenvalue weighted by molar-refractivity contribution is -0.387. The molecular formula is C11H14FNO3. The van der Waals surface area contributed by atoms with Crippen LogP contribution in [0.4, 0.5) is 10.1 Å². The maximum absolute atomic E-state index is 13.0. The van der Waals surface area contributed by atoms with Gasteiger partial charge in [0.25, 0.3) is 0 Å². The van der Waals surface area contributed by atoms with Gasteiger partial charge in [0, 0.05) is 12.7 Å². The number of hydrogen-bond donors (Lipinski definition) is 0. The highest BCUT2D eigenvalue weighted by Crippen LogP contribution is 2.19. The molecule has 88 valence electrons. The lowest BCUT2D eigenvalue weighted by Gasteiger charge is -2.06. The van der Waals surface area contributed by atoms with E-state index in [9.17, 15) is 14.5 Å². The Morgan fingerprint density at radius 3 is 2.75 bits per heavy atom. The molecule has 5 heteroatoms. The zero-order valence-electron chi connectivity index (χ0n) is 9.27. The van der Waals surface area contributed by atoms with Gasteiger partial charge in [-0.1, -0.05) is 19.9 Å². The van der Waals surface area contributed by atoms with Gasteiger partial charge in [-0.2, -0.15) is 4.39 Å². The summed E-state index contributed by atoms with van der Waals surface area (Å²) in [6, 6.07) is 3.78. The topological polar surface area (TPSA) is 52.4 Å². The average Bonchev–Trinajstić information content (AvgIpc) is 2.19. The predicted octanol–water partition coefficient (Wildman–Crippen LogP) is 2.91. The van der Waals surface area contributed by atoms with E-state index in [1.165, 1.54) is 12.1 Å². The molecule has 16 heavy (non-hydrogen) atoms.